The van der Waals surface area contributed by atoms with Gasteiger partial charge in [0.25, 0.3) is 5.91 Å². The number of rotatable bonds is 1. The van der Waals surface area contributed by atoms with Crippen molar-refractivity contribution in [1.29, 1.82) is 0 Å². The molecule has 1 heterocycles. The van der Waals surface area contributed by atoms with E-state index < -0.39 is 5.60 Å². The van der Waals surface area contributed by atoms with Crippen molar-refractivity contribution in [3.63, 3.8) is 0 Å². The lowest BCUT2D eigenvalue weighted by molar-refractivity contribution is -0.141. The molecule has 3 rings (SSSR count). The maximum Gasteiger partial charge on any atom is 0.261 e. The molecule has 1 aliphatic carbocycles. The largest absolute Gasteiger partial charge is 0.375 e. The molecule has 2 N–H and O–H groups in total. The van der Waals surface area contributed by atoms with Gasteiger partial charge in [-0.25, -0.2) is 0 Å². The molecule has 0 aromatic heterocycles. The fraction of sp³-hybridized carbons (Fsp3) is 0.588. The van der Waals surface area contributed by atoms with Gasteiger partial charge in [-0.05, 0) is 25.3 Å². The summed E-state index contributed by atoms with van der Waals surface area (Å²) in [6.45, 7) is 1.90. The molecule has 1 unspecified atom stereocenters. The van der Waals surface area contributed by atoms with E-state index in [0.717, 1.165) is 31.2 Å². The van der Waals surface area contributed by atoms with Crippen molar-refractivity contribution in [1.82, 2.24) is 0 Å². The Morgan fingerprint density at radius 2 is 1.81 bits per heavy atom. The minimum atomic E-state index is -1.41. The molecule has 1 atom stereocenters. The summed E-state index contributed by atoms with van der Waals surface area (Å²) in [5.41, 5.74) is 0.766. The van der Waals surface area contributed by atoms with E-state index >= 15 is 0 Å². The van der Waals surface area contributed by atoms with Crippen molar-refractivity contribution in [3.05, 3.63) is 28.3 Å². The van der Waals surface area contributed by atoms with Crippen molar-refractivity contribution in [2.24, 2.45) is 5.92 Å². The molecule has 4 heteroatoms. The van der Waals surface area contributed by atoms with Gasteiger partial charge < -0.3 is 10.4 Å². The first-order valence-electron chi connectivity index (χ1n) is 7.88. The molecule has 1 aromatic carbocycles. The number of nitrogens with one attached hydrogen (secondary N) is 1. The second-order valence-corrected chi connectivity index (χ2v) is 6.76. The highest BCUT2D eigenvalue weighted by atomic mass is 35.5. The summed E-state index contributed by atoms with van der Waals surface area (Å²) in [6, 6.07) is 3.74. The lowest BCUT2D eigenvalue weighted by Crippen LogP contribution is -2.42. The second kappa shape index (κ2) is 5.62. The smallest absolute Gasteiger partial charge is 0.261 e. The Labute approximate surface area is 130 Å². The average molecular weight is 308 g/mol. The van der Waals surface area contributed by atoms with E-state index in [-0.39, 0.29) is 11.8 Å². The number of halogens is 1. The van der Waals surface area contributed by atoms with Crippen LogP contribution in [0.2, 0.25) is 5.02 Å². The molecule has 0 spiro atoms. The van der Waals surface area contributed by atoms with Crippen LogP contribution in [0.25, 0.3) is 0 Å². The van der Waals surface area contributed by atoms with Gasteiger partial charge >= 0.3 is 0 Å². The topological polar surface area (TPSA) is 49.3 Å². The Hall–Kier alpha value is -1.06. The number of benzene rings is 1. The molecule has 3 nitrogen and oxygen atoms in total. The number of hydrogen-bond acceptors (Lipinski definition) is 2. The quantitative estimate of drug-likeness (QED) is 0.819. The van der Waals surface area contributed by atoms with E-state index in [1.165, 1.54) is 19.3 Å². The third-order valence-electron chi connectivity index (χ3n) is 5.03. The maximum absolute atomic E-state index is 12.5. The van der Waals surface area contributed by atoms with Gasteiger partial charge in [0.2, 0.25) is 0 Å². The summed E-state index contributed by atoms with van der Waals surface area (Å²) in [4.78, 5) is 12.5. The van der Waals surface area contributed by atoms with Crippen LogP contribution in [0.15, 0.2) is 12.1 Å². The van der Waals surface area contributed by atoms with Crippen LogP contribution >= 0.6 is 11.6 Å². The average Bonchev–Trinajstić information content (AvgIpc) is 2.68. The minimum absolute atomic E-state index is 0.0159. The standard InChI is InChI=1S/C17H22ClNO2/c1-11-9-10-13-15(14(11)18)19-16(20)17(13,21)12-7-5-3-2-4-6-8-12/h9-10,12,21H,2-8H2,1H3,(H,19,20). The van der Waals surface area contributed by atoms with Gasteiger partial charge in [0.15, 0.2) is 5.60 Å². The lowest BCUT2D eigenvalue weighted by atomic mass is 9.75. The first-order chi connectivity index (χ1) is 10.0. The van der Waals surface area contributed by atoms with Crippen molar-refractivity contribution >= 4 is 23.2 Å². The highest BCUT2D eigenvalue weighted by molar-refractivity contribution is 6.35. The van der Waals surface area contributed by atoms with Crippen molar-refractivity contribution in [2.45, 2.75) is 57.5 Å². The van der Waals surface area contributed by atoms with E-state index in [1.54, 1.807) is 0 Å². The highest BCUT2D eigenvalue weighted by Crippen LogP contribution is 2.48. The fourth-order valence-electron chi connectivity index (χ4n) is 3.73. The third-order valence-corrected chi connectivity index (χ3v) is 5.51. The molecule has 1 amide bonds. The predicted molar refractivity (Wildman–Crippen MR) is 84.5 cm³/mol. The van der Waals surface area contributed by atoms with Gasteiger partial charge in [0.05, 0.1) is 10.7 Å². The number of amides is 1. The molecule has 1 aliphatic heterocycles. The van der Waals surface area contributed by atoms with Crippen LogP contribution in [0, 0.1) is 12.8 Å². The van der Waals surface area contributed by atoms with Crippen LogP contribution in [-0.4, -0.2) is 11.0 Å². The molecular formula is C17H22ClNO2. The first-order valence-corrected chi connectivity index (χ1v) is 8.26. The van der Waals surface area contributed by atoms with E-state index in [4.69, 9.17) is 11.6 Å². The van der Waals surface area contributed by atoms with Crippen LogP contribution in [0.3, 0.4) is 0 Å². The number of anilines is 1. The number of fused-ring (bicyclic) bond motifs is 1. The number of aliphatic hydroxyl groups is 1. The third kappa shape index (κ3) is 2.36. The first kappa shape index (κ1) is 14.9. The van der Waals surface area contributed by atoms with Crippen LogP contribution < -0.4 is 5.32 Å². The summed E-state index contributed by atoms with van der Waals surface area (Å²) in [5.74, 6) is -0.326. The van der Waals surface area contributed by atoms with Gasteiger partial charge in [-0.1, -0.05) is 55.8 Å². The van der Waals surface area contributed by atoms with Gasteiger partial charge in [-0.3, -0.25) is 4.79 Å². The van der Waals surface area contributed by atoms with E-state index in [1.807, 2.05) is 19.1 Å². The van der Waals surface area contributed by atoms with E-state index in [2.05, 4.69) is 5.32 Å². The van der Waals surface area contributed by atoms with E-state index in [9.17, 15) is 9.90 Å². The Morgan fingerprint density at radius 3 is 2.48 bits per heavy atom. The summed E-state index contributed by atoms with van der Waals surface area (Å²) in [7, 11) is 0. The molecule has 21 heavy (non-hydrogen) atoms. The number of hydrogen-bond donors (Lipinski definition) is 2. The Bertz CT molecular complexity index is 564. The summed E-state index contributed by atoms with van der Waals surface area (Å²) in [5, 5.41) is 14.6. The van der Waals surface area contributed by atoms with Crippen LogP contribution in [0.4, 0.5) is 5.69 Å². The van der Waals surface area contributed by atoms with Gasteiger partial charge in [-0.2, -0.15) is 0 Å². The summed E-state index contributed by atoms with van der Waals surface area (Å²) < 4.78 is 0. The van der Waals surface area contributed by atoms with Crippen molar-refractivity contribution in [3.8, 4) is 0 Å². The molecule has 2 aliphatic rings. The molecule has 1 aromatic rings. The van der Waals surface area contributed by atoms with Crippen LogP contribution in [0.1, 0.15) is 56.1 Å². The van der Waals surface area contributed by atoms with Crippen LogP contribution in [-0.2, 0) is 10.4 Å². The van der Waals surface area contributed by atoms with Gasteiger partial charge in [0.1, 0.15) is 0 Å². The molecule has 114 valence electrons. The zero-order chi connectivity index (χ0) is 15.0. The molecular weight excluding hydrogens is 286 g/mol. The fourth-order valence-corrected chi connectivity index (χ4v) is 3.94. The van der Waals surface area contributed by atoms with Crippen molar-refractivity contribution < 1.29 is 9.90 Å². The Kier molecular flexibility index (Phi) is 3.98. The number of carbonyl (C=O) groups is 1. The lowest BCUT2D eigenvalue weighted by Gasteiger charge is -2.32. The Morgan fingerprint density at radius 1 is 1.19 bits per heavy atom. The molecule has 0 bridgehead atoms. The zero-order valence-electron chi connectivity index (χ0n) is 12.4. The highest BCUT2D eigenvalue weighted by Gasteiger charge is 2.51. The molecule has 0 radical (unpaired) electrons. The summed E-state index contributed by atoms with van der Waals surface area (Å²) in [6.07, 6.45) is 7.60. The maximum atomic E-state index is 12.5. The normalized spacial score (nSPS) is 26.9. The number of aryl methyl sites for hydroxylation is 1. The second-order valence-electron chi connectivity index (χ2n) is 6.38. The number of carbonyl (C=O) groups excluding carboxylic acids is 1. The summed E-state index contributed by atoms with van der Waals surface area (Å²) >= 11 is 6.30. The molecule has 0 saturated heterocycles. The van der Waals surface area contributed by atoms with Gasteiger partial charge in [0, 0.05) is 11.5 Å². The van der Waals surface area contributed by atoms with Crippen molar-refractivity contribution in [2.75, 3.05) is 5.32 Å². The minimum Gasteiger partial charge on any atom is -0.375 e. The zero-order valence-corrected chi connectivity index (χ0v) is 13.2. The molecule has 1 saturated carbocycles. The molecule has 1 fully saturated rings. The van der Waals surface area contributed by atoms with Crippen LogP contribution in [0.5, 0.6) is 0 Å². The van der Waals surface area contributed by atoms with E-state index in [0.29, 0.717) is 16.3 Å². The SMILES string of the molecule is Cc1ccc2c(c1Cl)NC(=O)C2(O)C1CCCCCCC1. The Balaban J connectivity index is 2.01. The van der Waals surface area contributed by atoms with Gasteiger partial charge in [-0.15, -0.1) is 0 Å². The monoisotopic (exact) mass is 307 g/mol. The predicted octanol–water partition coefficient (Wildman–Crippen LogP) is 4.15.